The molecule has 0 saturated heterocycles. The van der Waals surface area contributed by atoms with Crippen LogP contribution in [0.2, 0.25) is 5.02 Å². The Morgan fingerprint density at radius 1 is 1.07 bits per heavy atom. The molecule has 0 radical (unpaired) electrons. The monoisotopic (exact) mass is 406 g/mol. The van der Waals surface area contributed by atoms with Crippen LogP contribution in [0.1, 0.15) is 12.0 Å². The molecule has 8 heteroatoms. The van der Waals surface area contributed by atoms with Crippen molar-refractivity contribution in [2.75, 3.05) is 26.1 Å². The number of nitrogens with one attached hydrogen (secondary N) is 2. The van der Waals surface area contributed by atoms with Crippen LogP contribution in [0.3, 0.4) is 0 Å². The molecule has 1 atom stereocenters. The summed E-state index contributed by atoms with van der Waals surface area (Å²) in [5.74, 6) is -0.245. The van der Waals surface area contributed by atoms with E-state index in [1.807, 2.05) is 12.1 Å². The predicted molar refractivity (Wildman–Crippen MR) is 107 cm³/mol. The van der Waals surface area contributed by atoms with Gasteiger partial charge in [0.25, 0.3) is 0 Å². The largest absolute Gasteiger partial charge is 0.493 e. The minimum atomic E-state index is -1.08. The standard InChI is InChI=1S/C20H23ClN2O5/c1-27-17-8-3-13(11-18(17)28-2)9-10-22-16(20(25)26)12-19(24)23-15-6-4-14(21)5-7-15/h3-8,11,16,22H,9-10,12H2,1-2H3,(H,23,24)(H,25,26). The Kier molecular flexibility index (Phi) is 8.10. The molecule has 28 heavy (non-hydrogen) atoms. The highest BCUT2D eigenvalue weighted by Crippen LogP contribution is 2.27. The van der Waals surface area contributed by atoms with Crippen molar-refractivity contribution >= 4 is 29.2 Å². The van der Waals surface area contributed by atoms with Crippen molar-refractivity contribution in [2.24, 2.45) is 0 Å². The Morgan fingerprint density at radius 2 is 1.75 bits per heavy atom. The van der Waals surface area contributed by atoms with Gasteiger partial charge in [-0.15, -0.1) is 0 Å². The number of benzene rings is 2. The van der Waals surface area contributed by atoms with Crippen LogP contribution >= 0.6 is 11.6 Å². The van der Waals surface area contributed by atoms with Crippen molar-refractivity contribution in [2.45, 2.75) is 18.9 Å². The lowest BCUT2D eigenvalue weighted by Crippen LogP contribution is -2.40. The maximum Gasteiger partial charge on any atom is 0.321 e. The average Bonchev–Trinajstić information content (AvgIpc) is 2.68. The number of carboxylic acid groups (broad SMARTS) is 1. The smallest absolute Gasteiger partial charge is 0.321 e. The first kappa shape index (κ1) is 21.5. The predicted octanol–water partition coefficient (Wildman–Crippen LogP) is 2.97. The third-order valence-electron chi connectivity index (χ3n) is 4.07. The van der Waals surface area contributed by atoms with Crippen molar-refractivity contribution in [1.82, 2.24) is 5.32 Å². The van der Waals surface area contributed by atoms with Crippen LogP contribution in [0.5, 0.6) is 11.5 Å². The van der Waals surface area contributed by atoms with E-state index in [4.69, 9.17) is 21.1 Å². The Bertz CT molecular complexity index is 811. The minimum Gasteiger partial charge on any atom is -0.493 e. The Labute approximate surface area is 168 Å². The summed E-state index contributed by atoms with van der Waals surface area (Å²) in [6, 6.07) is 11.1. The lowest BCUT2D eigenvalue weighted by atomic mass is 10.1. The molecule has 0 spiro atoms. The molecule has 0 aliphatic heterocycles. The number of aliphatic carboxylic acids is 1. The van der Waals surface area contributed by atoms with Crippen molar-refractivity contribution < 1.29 is 24.2 Å². The van der Waals surface area contributed by atoms with E-state index >= 15 is 0 Å². The third kappa shape index (κ3) is 6.44. The van der Waals surface area contributed by atoms with Gasteiger partial charge in [-0.3, -0.25) is 9.59 Å². The summed E-state index contributed by atoms with van der Waals surface area (Å²) in [7, 11) is 3.12. The van der Waals surface area contributed by atoms with Crippen LogP contribution in [0, 0.1) is 0 Å². The number of hydrogen-bond donors (Lipinski definition) is 3. The fourth-order valence-corrected chi connectivity index (χ4v) is 2.73. The highest BCUT2D eigenvalue weighted by Gasteiger charge is 2.20. The number of anilines is 1. The second kappa shape index (κ2) is 10.5. The van der Waals surface area contributed by atoms with Crippen molar-refractivity contribution in [3.63, 3.8) is 0 Å². The van der Waals surface area contributed by atoms with Crippen LogP contribution in [0.4, 0.5) is 5.69 Å². The van der Waals surface area contributed by atoms with E-state index in [2.05, 4.69) is 10.6 Å². The van der Waals surface area contributed by atoms with Crippen LogP contribution in [0.25, 0.3) is 0 Å². The van der Waals surface area contributed by atoms with Gasteiger partial charge in [0, 0.05) is 10.7 Å². The second-order valence-electron chi connectivity index (χ2n) is 6.04. The van der Waals surface area contributed by atoms with Gasteiger partial charge in [-0.1, -0.05) is 17.7 Å². The summed E-state index contributed by atoms with van der Waals surface area (Å²) in [5.41, 5.74) is 1.52. The Hall–Kier alpha value is -2.77. The first-order chi connectivity index (χ1) is 13.4. The maximum atomic E-state index is 12.1. The summed E-state index contributed by atoms with van der Waals surface area (Å²) in [5, 5.41) is 15.5. The lowest BCUT2D eigenvalue weighted by Gasteiger charge is -2.15. The summed E-state index contributed by atoms with van der Waals surface area (Å²) in [6.45, 7) is 0.390. The van der Waals surface area contributed by atoms with E-state index in [1.165, 1.54) is 0 Å². The SMILES string of the molecule is COc1ccc(CCNC(CC(=O)Nc2ccc(Cl)cc2)C(=O)O)cc1OC. The molecule has 0 fully saturated rings. The van der Waals surface area contributed by atoms with E-state index in [0.717, 1.165) is 5.56 Å². The third-order valence-corrected chi connectivity index (χ3v) is 4.32. The zero-order valence-electron chi connectivity index (χ0n) is 15.7. The van der Waals surface area contributed by atoms with E-state index < -0.39 is 17.9 Å². The summed E-state index contributed by atoms with van der Waals surface area (Å²) in [6.07, 6.45) is 0.382. The van der Waals surface area contributed by atoms with Crippen molar-refractivity contribution in [3.05, 3.63) is 53.1 Å². The fraction of sp³-hybridized carbons (Fsp3) is 0.300. The molecule has 1 unspecified atom stereocenters. The molecular weight excluding hydrogens is 384 g/mol. The summed E-state index contributed by atoms with van der Waals surface area (Å²) < 4.78 is 10.5. The van der Waals surface area contributed by atoms with Gasteiger partial charge in [0.15, 0.2) is 11.5 Å². The average molecular weight is 407 g/mol. The number of amides is 1. The zero-order valence-corrected chi connectivity index (χ0v) is 16.5. The van der Waals surface area contributed by atoms with Gasteiger partial charge < -0.3 is 25.2 Å². The molecule has 0 aliphatic carbocycles. The van der Waals surface area contributed by atoms with Crippen LogP contribution in [0.15, 0.2) is 42.5 Å². The van der Waals surface area contributed by atoms with Gasteiger partial charge in [-0.2, -0.15) is 0 Å². The molecule has 0 heterocycles. The summed E-state index contributed by atoms with van der Waals surface area (Å²) in [4.78, 5) is 23.6. The fourth-order valence-electron chi connectivity index (χ4n) is 2.60. The van der Waals surface area contributed by atoms with Gasteiger partial charge in [0.2, 0.25) is 5.91 Å². The summed E-state index contributed by atoms with van der Waals surface area (Å²) >= 11 is 5.80. The number of carbonyl (C=O) groups excluding carboxylic acids is 1. The molecule has 150 valence electrons. The molecule has 3 N–H and O–H groups in total. The van der Waals surface area contributed by atoms with E-state index in [0.29, 0.717) is 35.2 Å². The molecule has 0 aromatic heterocycles. The zero-order chi connectivity index (χ0) is 20.5. The van der Waals surface area contributed by atoms with Crippen LogP contribution < -0.4 is 20.1 Å². The van der Waals surface area contributed by atoms with E-state index in [9.17, 15) is 14.7 Å². The minimum absolute atomic E-state index is 0.191. The first-order valence-electron chi connectivity index (χ1n) is 8.65. The number of rotatable bonds is 10. The number of hydrogen-bond acceptors (Lipinski definition) is 5. The molecule has 7 nitrogen and oxygen atoms in total. The molecule has 2 aromatic rings. The Morgan fingerprint density at radius 3 is 2.36 bits per heavy atom. The van der Waals surface area contributed by atoms with Gasteiger partial charge in [0.1, 0.15) is 6.04 Å². The van der Waals surface area contributed by atoms with E-state index in [1.54, 1.807) is 44.6 Å². The molecule has 0 bridgehead atoms. The number of carbonyl (C=O) groups is 2. The topological polar surface area (TPSA) is 96.9 Å². The highest BCUT2D eigenvalue weighted by molar-refractivity contribution is 6.30. The molecule has 0 aliphatic rings. The molecule has 2 rings (SSSR count). The highest BCUT2D eigenvalue weighted by atomic mass is 35.5. The quantitative estimate of drug-likeness (QED) is 0.561. The van der Waals surface area contributed by atoms with Gasteiger partial charge in [-0.05, 0) is 54.9 Å². The van der Waals surface area contributed by atoms with Crippen LogP contribution in [-0.2, 0) is 16.0 Å². The normalized spacial score (nSPS) is 11.5. The molecular formula is C20H23ClN2O5. The van der Waals surface area contributed by atoms with Gasteiger partial charge in [0.05, 0.1) is 20.6 Å². The van der Waals surface area contributed by atoms with Gasteiger partial charge in [-0.25, -0.2) is 0 Å². The number of methoxy groups -OCH3 is 2. The Balaban J connectivity index is 1.88. The van der Waals surface area contributed by atoms with Crippen molar-refractivity contribution in [1.29, 1.82) is 0 Å². The first-order valence-corrected chi connectivity index (χ1v) is 9.03. The number of ether oxygens (including phenoxy) is 2. The second-order valence-corrected chi connectivity index (χ2v) is 6.48. The lowest BCUT2D eigenvalue weighted by molar-refractivity contribution is -0.141. The maximum absolute atomic E-state index is 12.1. The van der Waals surface area contributed by atoms with Gasteiger partial charge >= 0.3 is 5.97 Å². The molecule has 0 saturated carbocycles. The molecule has 2 aromatic carbocycles. The number of halogens is 1. The number of carboxylic acids is 1. The molecule has 1 amide bonds. The van der Waals surface area contributed by atoms with Crippen LogP contribution in [-0.4, -0.2) is 43.8 Å². The van der Waals surface area contributed by atoms with Crippen molar-refractivity contribution in [3.8, 4) is 11.5 Å². The van der Waals surface area contributed by atoms with E-state index in [-0.39, 0.29) is 6.42 Å².